The van der Waals surface area contributed by atoms with E-state index < -0.39 is 23.7 Å². The van der Waals surface area contributed by atoms with E-state index >= 15 is 0 Å². The third kappa shape index (κ3) is 7.65. The summed E-state index contributed by atoms with van der Waals surface area (Å²) in [6, 6.07) is -1.00. The van der Waals surface area contributed by atoms with E-state index in [-0.39, 0.29) is 18.8 Å². The fourth-order valence-electron chi connectivity index (χ4n) is 1.17. The average Bonchev–Trinajstić information content (AvgIpc) is 2.13. The van der Waals surface area contributed by atoms with Crippen molar-refractivity contribution in [1.82, 2.24) is 5.32 Å². The summed E-state index contributed by atoms with van der Waals surface area (Å²) in [5, 5.41) is 2.33. The van der Waals surface area contributed by atoms with Crippen LogP contribution in [0.2, 0.25) is 0 Å². The molecule has 0 radical (unpaired) electrons. The standard InChI is InChI=1S/C12H21NO5/c1-6-17-10(15)9(7-8(2)14)13-11(16)18-12(3,4)5/h9H,6-7H2,1-5H3,(H,13,16). The molecule has 1 atom stereocenters. The average molecular weight is 259 g/mol. The number of carbonyl (C=O) groups is 3. The number of Topliss-reactive ketones (excluding diaryl/α,β-unsaturated/α-hetero) is 1. The molecule has 0 saturated heterocycles. The topological polar surface area (TPSA) is 81.7 Å². The highest BCUT2D eigenvalue weighted by Crippen LogP contribution is 2.07. The first-order chi connectivity index (χ1) is 8.15. The van der Waals surface area contributed by atoms with Gasteiger partial charge in [0.1, 0.15) is 17.4 Å². The Balaban J connectivity index is 4.54. The highest BCUT2D eigenvalue weighted by Gasteiger charge is 2.26. The van der Waals surface area contributed by atoms with Gasteiger partial charge in [-0.05, 0) is 34.6 Å². The number of nitrogens with one attached hydrogen (secondary N) is 1. The molecule has 1 N–H and O–H groups in total. The Morgan fingerprint density at radius 1 is 1.22 bits per heavy atom. The first kappa shape index (κ1) is 16.4. The molecule has 0 aliphatic rings. The molecule has 104 valence electrons. The molecule has 18 heavy (non-hydrogen) atoms. The van der Waals surface area contributed by atoms with Gasteiger partial charge in [0.25, 0.3) is 0 Å². The van der Waals surface area contributed by atoms with Gasteiger partial charge in [0, 0.05) is 6.42 Å². The maximum atomic E-state index is 11.5. The van der Waals surface area contributed by atoms with E-state index in [1.54, 1.807) is 27.7 Å². The van der Waals surface area contributed by atoms with Crippen LogP contribution >= 0.6 is 0 Å². The number of amides is 1. The first-order valence-corrected chi connectivity index (χ1v) is 5.81. The number of rotatable bonds is 5. The number of hydrogen-bond acceptors (Lipinski definition) is 5. The Kier molecular flexibility index (Phi) is 6.36. The lowest BCUT2D eigenvalue weighted by atomic mass is 10.1. The van der Waals surface area contributed by atoms with E-state index in [1.807, 2.05) is 0 Å². The van der Waals surface area contributed by atoms with Crippen molar-refractivity contribution in [1.29, 1.82) is 0 Å². The lowest BCUT2D eigenvalue weighted by molar-refractivity contribution is -0.146. The second-order valence-corrected chi connectivity index (χ2v) is 4.86. The fourth-order valence-corrected chi connectivity index (χ4v) is 1.17. The van der Waals surface area contributed by atoms with Gasteiger partial charge in [-0.25, -0.2) is 9.59 Å². The minimum Gasteiger partial charge on any atom is -0.464 e. The van der Waals surface area contributed by atoms with Crippen LogP contribution in [0.3, 0.4) is 0 Å². The Labute approximate surface area is 107 Å². The molecule has 6 heteroatoms. The highest BCUT2D eigenvalue weighted by atomic mass is 16.6. The molecule has 0 spiro atoms. The minimum absolute atomic E-state index is 0.113. The first-order valence-electron chi connectivity index (χ1n) is 5.81. The zero-order chi connectivity index (χ0) is 14.3. The number of esters is 1. The molecule has 1 amide bonds. The highest BCUT2D eigenvalue weighted by molar-refractivity contribution is 5.87. The predicted octanol–water partition coefficient (Wildman–Crippen LogP) is 1.42. The second kappa shape index (κ2) is 6.98. The van der Waals surface area contributed by atoms with Crippen molar-refractivity contribution in [3.8, 4) is 0 Å². The molecule has 1 unspecified atom stereocenters. The van der Waals surface area contributed by atoms with Crippen molar-refractivity contribution in [2.75, 3.05) is 6.61 Å². The van der Waals surface area contributed by atoms with Crippen LogP contribution in [0.15, 0.2) is 0 Å². The maximum Gasteiger partial charge on any atom is 0.408 e. The third-order valence-corrected chi connectivity index (χ3v) is 1.75. The van der Waals surface area contributed by atoms with Crippen molar-refractivity contribution in [3.63, 3.8) is 0 Å². The summed E-state index contributed by atoms with van der Waals surface area (Å²) in [6.45, 7) is 8.28. The minimum atomic E-state index is -1.00. The molecule has 0 aliphatic heterocycles. The third-order valence-electron chi connectivity index (χ3n) is 1.75. The molecular weight excluding hydrogens is 238 g/mol. The summed E-state index contributed by atoms with van der Waals surface area (Å²) < 4.78 is 9.78. The van der Waals surface area contributed by atoms with Crippen molar-refractivity contribution in [2.24, 2.45) is 0 Å². The molecule has 0 bridgehead atoms. The summed E-state index contributed by atoms with van der Waals surface area (Å²) in [4.78, 5) is 34.1. The summed E-state index contributed by atoms with van der Waals surface area (Å²) in [6.07, 6.45) is -0.861. The molecule has 0 rings (SSSR count). The molecule has 0 saturated carbocycles. The molecule has 0 aromatic carbocycles. The summed E-state index contributed by atoms with van der Waals surface area (Å²) >= 11 is 0. The van der Waals surface area contributed by atoms with Crippen molar-refractivity contribution < 1.29 is 23.9 Å². The lowest BCUT2D eigenvalue weighted by Crippen LogP contribution is -2.45. The van der Waals surface area contributed by atoms with Gasteiger partial charge in [0.05, 0.1) is 6.61 Å². The normalized spacial score (nSPS) is 12.5. The van der Waals surface area contributed by atoms with Crippen molar-refractivity contribution in [2.45, 2.75) is 52.7 Å². The summed E-state index contributed by atoms with van der Waals surface area (Å²) in [7, 11) is 0. The number of ketones is 1. The van der Waals surface area contributed by atoms with Crippen LogP contribution in [0.25, 0.3) is 0 Å². The quantitative estimate of drug-likeness (QED) is 0.755. The molecule has 0 aromatic heterocycles. The Morgan fingerprint density at radius 2 is 1.78 bits per heavy atom. The van der Waals surface area contributed by atoms with Gasteiger partial charge < -0.3 is 14.8 Å². The number of alkyl carbamates (subject to hydrolysis) is 1. The predicted molar refractivity (Wildman–Crippen MR) is 65.1 cm³/mol. The summed E-state index contributed by atoms with van der Waals surface area (Å²) in [5.74, 6) is -0.859. The largest absolute Gasteiger partial charge is 0.464 e. The van der Waals surface area contributed by atoms with E-state index in [2.05, 4.69) is 5.32 Å². The molecule has 0 aliphatic carbocycles. The van der Waals surface area contributed by atoms with E-state index in [9.17, 15) is 14.4 Å². The SMILES string of the molecule is CCOC(=O)C(CC(C)=O)NC(=O)OC(C)(C)C. The van der Waals surface area contributed by atoms with Crippen LogP contribution in [0.1, 0.15) is 41.0 Å². The van der Waals surface area contributed by atoms with Gasteiger partial charge in [0.2, 0.25) is 0 Å². The lowest BCUT2D eigenvalue weighted by Gasteiger charge is -2.22. The van der Waals surface area contributed by atoms with E-state index in [0.717, 1.165) is 0 Å². The van der Waals surface area contributed by atoms with Crippen LogP contribution in [0.5, 0.6) is 0 Å². The van der Waals surface area contributed by atoms with E-state index in [4.69, 9.17) is 9.47 Å². The number of hydrogen-bond donors (Lipinski definition) is 1. The van der Waals surface area contributed by atoms with Gasteiger partial charge >= 0.3 is 12.1 Å². The Hall–Kier alpha value is -1.59. The van der Waals surface area contributed by atoms with Gasteiger partial charge in [-0.3, -0.25) is 4.79 Å². The van der Waals surface area contributed by atoms with Crippen LogP contribution in [-0.4, -0.2) is 36.1 Å². The van der Waals surface area contributed by atoms with Crippen LogP contribution in [-0.2, 0) is 19.1 Å². The Bertz CT molecular complexity index is 319. The van der Waals surface area contributed by atoms with Crippen molar-refractivity contribution >= 4 is 17.8 Å². The zero-order valence-electron chi connectivity index (χ0n) is 11.5. The zero-order valence-corrected chi connectivity index (χ0v) is 11.5. The monoisotopic (exact) mass is 259 g/mol. The molecule has 0 heterocycles. The van der Waals surface area contributed by atoms with Crippen LogP contribution in [0.4, 0.5) is 4.79 Å². The van der Waals surface area contributed by atoms with Crippen LogP contribution in [0, 0.1) is 0 Å². The number of carbonyl (C=O) groups excluding carboxylic acids is 3. The van der Waals surface area contributed by atoms with Gasteiger partial charge in [-0.1, -0.05) is 0 Å². The molecule has 6 nitrogen and oxygen atoms in total. The molecule has 0 aromatic rings. The van der Waals surface area contributed by atoms with Gasteiger partial charge in [-0.2, -0.15) is 0 Å². The Morgan fingerprint density at radius 3 is 2.17 bits per heavy atom. The molecule has 0 fully saturated rings. The van der Waals surface area contributed by atoms with E-state index in [0.29, 0.717) is 0 Å². The van der Waals surface area contributed by atoms with E-state index in [1.165, 1.54) is 6.92 Å². The smallest absolute Gasteiger partial charge is 0.408 e. The summed E-state index contributed by atoms with van der Waals surface area (Å²) in [5.41, 5.74) is -0.667. The molecular formula is C12H21NO5. The van der Waals surface area contributed by atoms with Crippen LogP contribution < -0.4 is 5.32 Å². The van der Waals surface area contributed by atoms with Crippen molar-refractivity contribution in [3.05, 3.63) is 0 Å². The fraction of sp³-hybridized carbons (Fsp3) is 0.750. The van der Waals surface area contributed by atoms with Gasteiger partial charge in [0.15, 0.2) is 0 Å². The second-order valence-electron chi connectivity index (χ2n) is 4.86. The van der Waals surface area contributed by atoms with Gasteiger partial charge in [-0.15, -0.1) is 0 Å². The number of ether oxygens (including phenoxy) is 2. The maximum absolute atomic E-state index is 11.5.